The van der Waals surface area contributed by atoms with Gasteiger partial charge in [0.2, 0.25) is 5.91 Å². The Labute approximate surface area is 99.6 Å². The summed E-state index contributed by atoms with van der Waals surface area (Å²) in [5.41, 5.74) is 5.63. The van der Waals surface area contributed by atoms with Crippen LogP contribution in [0.1, 0.15) is 19.4 Å². The number of hydrogen-bond acceptors (Lipinski definition) is 3. The molecule has 17 heavy (non-hydrogen) atoms. The molecule has 94 valence electrons. The van der Waals surface area contributed by atoms with Crippen molar-refractivity contribution < 1.29 is 14.3 Å². The van der Waals surface area contributed by atoms with E-state index in [1.54, 1.807) is 0 Å². The van der Waals surface area contributed by atoms with E-state index in [1.807, 2.05) is 13.8 Å². The number of aromatic hydroxyl groups is 1. The summed E-state index contributed by atoms with van der Waals surface area (Å²) in [6, 6.07) is 3.17. The number of primary amides is 1. The van der Waals surface area contributed by atoms with Gasteiger partial charge in [-0.25, -0.2) is 4.39 Å². The first-order chi connectivity index (χ1) is 7.91. The zero-order valence-corrected chi connectivity index (χ0v) is 9.90. The molecule has 5 heteroatoms. The lowest BCUT2D eigenvalue weighted by atomic mass is 10.0. The van der Waals surface area contributed by atoms with E-state index in [9.17, 15) is 14.3 Å². The van der Waals surface area contributed by atoms with E-state index < -0.39 is 17.8 Å². The van der Waals surface area contributed by atoms with Gasteiger partial charge in [-0.15, -0.1) is 0 Å². The number of carbonyl (C=O) groups excluding carboxylic acids is 1. The van der Waals surface area contributed by atoms with Crippen LogP contribution in [0, 0.1) is 11.7 Å². The van der Waals surface area contributed by atoms with Gasteiger partial charge in [-0.1, -0.05) is 13.8 Å². The molecule has 0 aliphatic carbocycles. The van der Waals surface area contributed by atoms with Crippen LogP contribution in [0.4, 0.5) is 4.39 Å². The summed E-state index contributed by atoms with van der Waals surface area (Å²) in [6.07, 6.45) is 0. The molecule has 4 N–H and O–H groups in total. The summed E-state index contributed by atoms with van der Waals surface area (Å²) in [7, 11) is 0. The van der Waals surface area contributed by atoms with Crippen molar-refractivity contribution in [3.8, 4) is 5.75 Å². The highest BCUT2D eigenvalue weighted by Crippen LogP contribution is 2.18. The minimum absolute atomic E-state index is 0.00845. The quantitative estimate of drug-likeness (QED) is 0.722. The SMILES string of the molecule is CC(C)C(NCc1cc(F)ccc1O)C(N)=O. The van der Waals surface area contributed by atoms with Gasteiger partial charge in [-0.05, 0) is 24.1 Å². The molecule has 1 rings (SSSR count). The van der Waals surface area contributed by atoms with Gasteiger partial charge in [0, 0.05) is 12.1 Å². The molecular formula is C12H17FN2O2. The Kier molecular flexibility index (Phi) is 4.45. The normalized spacial score (nSPS) is 12.7. The monoisotopic (exact) mass is 240 g/mol. The van der Waals surface area contributed by atoms with E-state index in [0.29, 0.717) is 5.56 Å². The fourth-order valence-electron chi connectivity index (χ4n) is 1.58. The van der Waals surface area contributed by atoms with Gasteiger partial charge in [0.15, 0.2) is 0 Å². The highest BCUT2D eigenvalue weighted by atomic mass is 19.1. The Morgan fingerprint density at radius 3 is 2.71 bits per heavy atom. The van der Waals surface area contributed by atoms with Crippen LogP contribution < -0.4 is 11.1 Å². The molecule has 0 aromatic heterocycles. The Morgan fingerprint density at radius 1 is 1.53 bits per heavy atom. The van der Waals surface area contributed by atoms with Crippen LogP contribution in [-0.4, -0.2) is 17.1 Å². The number of amides is 1. The first-order valence-corrected chi connectivity index (χ1v) is 5.42. The Balaban J connectivity index is 2.72. The molecule has 1 amide bonds. The van der Waals surface area contributed by atoms with Crippen molar-refractivity contribution in [1.82, 2.24) is 5.32 Å². The van der Waals surface area contributed by atoms with Crippen molar-refractivity contribution in [2.24, 2.45) is 11.7 Å². The molecule has 0 radical (unpaired) electrons. The van der Waals surface area contributed by atoms with Gasteiger partial charge in [0.25, 0.3) is 0 Å². The van der Waals surface area contributed by atoms with Crippen LogP contribution in [0.3, 0.4) is 0 Å². The number of rotatable bonds is 5. The molecule has 0 aliphatic rings. The molecule has 0 aliphatic heterocycles. The van der Waals surface area contributed by atoms with Gasteiger partial charge in [-0.3, -0.25) is 4.79 Å². The smallest absolute Gasteiger partial charge is 0.234 e. The average Bonchev–Trinajstić information content (AvgIpc) is 2.22. The first-order valence-electron chi connectivity index (χ1n) is 5.42. The van der Waals surface area contributed by atoms with E-state index >= 15 is 0 Å². The van der Waals surface area contributed by atoms with Crippen LogP contribution in [-0.2, 0) is 11.3 Å². The van der Waals surface area contributed by atoms with Gasteiger partial charge < -0.3 is 16.2 Å². The number of carbonyl (C=O) groups is 1. The number of phenols is 1. The molecule has 0 heterocycles. The third-order valence-corrected chi connectivity index (χ3v) is 2.53. The van der Waals surface area contributed by atoms with Gasteiger partial charge in [-0.2, -0.15) is 0 Å². The maximum Gasteiger partial charge on any atom is 0.234 e. The van der Waals surface area contributed by atoms with Gasteiger partial charge in [0.1, 0.15) is 11.6 Å². The number of nitrogens with one attached hydrogen (secondary N) is 1. The summed E-state index contributed by atoms with van der Waals surface area (Å²) >= 11 is 0. The molecule has 0 saturated heterocycles. The van der Waals surface area contributed by atoms with Crippen molar-refractivity contribution in [3.05, 3.63) is 29.6 Å². The second-order valence-electron chi connectivity index (χ2n) is 4.28. The Bertz CT molecular complexity index is 407. The summed E-state index contributed by atoms with van der Waals surface area (Å²) in [5, 5.41) is 12.4. The van der Waals surface area contributed by atoms with Crippen LogP contribution >= 0.6 is 0 Å². The molecule has 0 spiro atoms. The van der Waals surface area contributed by atoms with E-state index in [2.05, 4.69) is 5.32 Å². The Morgan fingerprint density at radius 2 is 2.18 bits per heavy atom. The van der Waals surface area contributed by atoms with Crippen LogP contribution in [0.25, 0.3) is 0 Å². The van der Waals surface area contributed by atoms with E-state index in [0.717, 1.165) is 0 Å². The number of nitrogens with two attached hydrogens (primary N) is 1. The number of hydrogen-bond donors (Lipinski definition) is 3. The molecule has 0 fully saturated rings. The fraction of sp³-hybridized carbons (Fsp3) is 0.417. The van der Waals surface area contributed by atoms with Crippen LogP contribution in [0.5, 0.6) is 5.75 Å². The molecule has 4 nitrogen and oxygen atoms in total. The maximum atomic E-state index is 13.0. The van der Waals surface area contributed by atoms with E-state index in [4.69, 9.17) is 5.73 Å². The van der Waals surface area contributed by atoms with Crippen LogP contribution in [0.15, 0.2) is 18.2 Å². The summed E-state index contributed by atoms with van der Waals surface area (Å²) < 4.78 is 13.0. The summed E-state index contributed by atoms with van der Waals surface area (Å²) in [6.45, 7) is 3.90. The second-order valence-corrected chi connectivity index (χ2v) is 4.28. The molecule has 1 atom stereocenters. The van der Waals surface area contributed by atoms with Crippen LogP contribution in [0.2, 0.25) is 0 Å². The molecule has 0 bridgehead atoms. The highest BCUT2D eigenvalue weighted by molar-refractivity contribution is 5.80. The number of phenolic OH excluding ortho intramolecular Hbond substituents is 1. The lowest BCUT2D eigenvalue weighted by molar-refractivity contribution is -0.121. The highest BCUT2D eigenvalue weighted by Gasteiger charge is 2.19. The Hall–Kier alpha value is -1.62. The zero-order chi connectivity index (χ0) is 13.0. The number of halogens is 1. The molecule has 1 aromatic carbocycles. The summed E-state index contributed by atoms with van der Waals surface area (Å²) in [4.78, 5) is 11.1. The van der Waals surface area contributed by atoms with Crippen molar-refractivity contribution in [2.75, 3.05) is 0 Å². The third kappa shape index (κ3) is 3.71. The number of benzene rings is 1. The largest absolute Gasteiger partial charge is 0.508 e. The van der Waals surface area contributed by atoms with E-state index in [1.165, 1.54) is 18.2 Å². The lowest BCUT2D eigenvalue weighted by Gasteiger charge is -2.19. The molecule has 1 unspecified atom stereocenters. The van der Waals surface area contributed by atoms with Crippen molar-refractivity contribution in [3.63, 3.8) is 0 Å². The molecule has 1 aromatic rings. The molecular weight excluding hydrogens is 223 g/mol. The zero-order valence-electron chi connectivity index (χ0n) is 9.90. The van der Waals surface area contributed by atoms with Crippen molar-refractivity contribution in [2.45, 2.75) is 26.4 Å². The predicted octanol–water partition coefficient (Wildman–Crippen LogP) is 1.13. The second kappa shape index (κ2) is 5.63. The van der Waals surface area contributed by atoms with E-state index in [-0.39, 0.29) is 18.2 Å². The molecule has 0 saturated carbocycles. The maximum absolute atomic E-state index is 13.0. The topological polar surface area (TPSA) is 75.3 Å². The minimum atomic E-state index is -0.502. The third-order valence-electron chi connectivity index (χ3n) is 2.53. The predicted molar refractivity (Wildman–Crippen MR) is 62.7 cm³/mol. The standard InChI is InChI=1S/C12H17FN2O2/c1-7(2)11(12(14)17)15-6-8-5-9(13)3-4-10(8)16/h3-5,7,11,15-16H,6H2,1-2H3,(H2,14,17). The van der Waals surface area contributed by atoms with Gasteiger partial charge in [0.05, 0.1) is 6.04 Å². The average molecular weight is 240 g/mol. The minimum Gasteiger partial charge on any atom is -0.508 e. The van der Waals surface area contributed by atoms with Gasteiger partial charge >= 0.3 is 0 Å². The first kappa shape index (κ1) is 13.4. The lowest BCUT2D eigenvalue weighted by Crippen LogP contribution is -2.44. The summed E-state index contributed by atoms with van der Waals surface area (Å²) in [5.74, 6) is -0.871. The fourth-order valence-corrected chi connectivity index (χ4v) is 1.58. The van der Waals surface area contributed by atoms with Crippen molar-refractivity contribution in [1.29, 1.82) is 0 Å². The van der Waals surface area contributed by atoms with Crippen molar-refractivity contribution >= 4 is 5.91 Å².